The minimum atomic E-state index is -0.0656. The molecule has 2 rings (SSSR count). The van der Waals surface area contributed by atoms with Gasteiger partial charge in [-0.25, -0.2) is 0 Å². The summed E-state index contributed by atoms with van der Waals surface area (Å²) in [7, 11) is 0. The molecule has 2 aromatic rings. The average molecular weight is 297 g/mol. The van der Waals surface area contributed by atoms with Crippen molar-refractivity contribution in [1.82, 2.24) is 5.32 Å². The minimum absolute atomic E-state index is 0.0656. The van der Waals surface area contributed by atoms with E-state index in [2.05, 4.69) is 37.4 Å². The molecular weight excluding hydrogens is 274 g/mol. The number of carbonyl (C=O) groups excluding carboxylic acids is 1. The highest BCUT2D eigenvalue weighted by molar-refractivity contribution is 5.95. The third kappa shape index (κ3) is 4.43. The molecule has 0 aliphatic carbocycles. The van der Waals surface area contributed by atoms with Gasteiger partial charge in [-0.3, -0.25) is 4.79 Å². The first-order valence-electron chi connectivity index (χ1n) is 7.68. The molecule has 0 saturated heterocycles. The zero-order valence-electron chi connectivity index (χ0n) is 13.2. The van der Waals surface area contributed by atoms with Gasteiger partial charge < -0.3 is 10.4 Å². The molecule has 22 heavy (non-hydrogen) atoms. The van der Waals surface area contributed by atoms with Crippen LogP contribution in [0.1, 0.15) is 34.3 Å². The summed E-state index contributed by atoms with van der Waals surface area (Å²) in [6.07, 6.45) is 1.50. The molecule has 0 aliphatic rings. The average Bonchev–Trinajstić information content (AvgIpc) is 2.50. The maximum Gasteiger partial charge on any atom is 0.251 e. The lowest BCUT2D eigenvalue weighted by Crippen LogP contribution is -2.24. The van der Waals surface area contributed by atoms with E-state index in [1.54, 1.807) is 0 Å². The highest BCUT2D eigenvalue weighted by Crippen LogP contribution is 2.23. The Kier molecular flexibility index (Phi) is 5.73. The standard InChI is InChI=1S/C19H23NO2/c1-14-10-15(2)12-18(11-14)16-6-5-7-17(13-16)19(22)20-8-3-4-9-21/h5-7,10-13,21H,3-4,8-9H2,1-2H3,(H,20,22). The Morgan fingerprint density at radius 2 is 1.73 bits per heavy atom. The third-order valence-corrected chi connectivity index (χ3v) is 3.55. The molecule has 0 unspecified atom stereocenters. The topological polar surface area (TPSA) is 49.3 Å². The molecule has 0 heterocycles. The monoisotopic (exact) mass is 297 g/mol. The molecule has 2 N–H and O–H groups in total. The van der Waals surface area contributed by atoms with Crippen LogP contribution in [-0.2, 0) is 0 Å². The van der Waals surface area contributed by atoms with Gasteiger partial charge in [-0.1, -0.05) is 41.5 Å². The maximum absolute atomic E-state index is 12.2. The number of amides is 1. The predicted molar refractivity (Wildman–Crippen MR) is 90.0 cm³/mol. The van der Waals surface area contributed by atoms with Crippen molar-refractivity contribution >= 4 is 5.91 Å². The molecule has 0 bridgehead atoms. The first-order valence-corrected chi connectivity index (χ1v) is 7.68. The lowest BCUT2D eigenvalue weighted by molar-refractivity contribution is 0.0952. The van der Waals surface area contributed by atoms with Gasteiger partial charge in [-0.2, -0.15) is 0 Å². The molecule has 3 heteroatoms. The van der Waals surface area contributed by atoms with Crippen LogP contribution in [0.2, 0.25) is 0 Å². The van der Waals surface area contributed by atoms with Gasteiger partial charge in [0.05, 0.1) is 0 Å². The van der Waals surface area contributed by atoms with Gasteiger partial charge in [0.25, 0.3) is 5.91 Å². The summed E-state index contributed by atoms with van der Waals surface area (Å²) >= 11 is 0. The Morgan fingerprint density at radius 1 is 1.00 bits per heavy atom. The largest absolute Gasteiger partial charge is 0.396 e. The SMILES string of the molecule is Cc1cc(C)cc(-c2cccc(C(=O)NCCCCO)c2)c1. The number of hydrogen-bond donors (Lipinski definition) is 2. The van der Waals surface area contributed by atoms with E-state index in [0.29, 0.717) is 18.5 Å². The Labute approximate surface area is 132 Å². The summed E-state index contributed by atoms with van der Waals surface area (Å²) in [5, 5.41) is 11.6. The van der Waals surface area contributed by atoms with Crippen LogP contribution in [0.4, 0.5) is 0 Å². The van der Waals surface area contributed by atoms with E-state index in [1.807, 2.05) is 24.3 Å². The third-order valence-electron chi connectivity index (χ3n) is 3.55. The van der Waals surface area contributed by atoms with Crippen molar-refractivity contribution in [1.29, 1.82) is 0 Å². The number of aliphatic hydroxyl groups is 1. The van der Waals surface area contributed by atoms with Gasteiger partial charge in [0, 0.05) is 18.7 Å². The summed E-state index contributed by atoms with van der Waals surface area (Å²) in [6, 6.07) is 14.1. The fraction of sp³-hybridized carbons (Fsp3) is 0.316. The van der Waals surface area contributed by atoms with Crippen molar-refractivity contribution in [2.24, 2.45) is 0 Å². The maximum atomic E-state index is 12.2. The van der Waals surface area contributed by atoms with Crippen LogP contribution in [0.15, 0.2) is 42.5 Å². The first-order chi connectivity index (χ1) is 10.6. The summed E-state index contributed by atoms with van der Waals surface area (Å²) < 4.78 is 0. The van der Waals surface area contributed by atoms with E-state index in [0.717, 1.165) is 17.5 Å². The molecule has 116 valence electrons. The van der Waals surface area contributed by atoms with Crippen LogP contribution >= 0.6 is 0 Å². The number of hydrogen-bond acceptors (Lipinski definition) is 2. The molecule has 0 spiro atoms. The molecule has 0 aromatic heterocycles. The van der Waals surface area contributed by atoms with Crippen molar-refractivity contribution in [2.75, 3.05) is 13.2 Å². The second-order valence-electron chi connectivity index (χ2n) is 5.64. The van der Waals surface area contributed by atoms with Crippen molar-refractivity contribution < 1.29 is 9.90 Å². The van der Waals surface area contributed by atoms with Gasteiger partial charge in [-0.15, -0.1) is 0 Å². The van der Waals surface area contributed by atoms with Crippen molar-refractivity contribution in [3.8, 4) is 11.1 Å². The molecule has 0 fully saturated rings. The van der Waals surface area contributed by atoms with E-state index in [9.17, 15) is 4.79 Å². The van der Waals surface area contributed by atoms with Crippen molar-refractivity contribution in [2.45, 2.75) is 26.7 Å². The molecular formula is C19H23NO2. The van der Waals surface area contributed by atoms with Gasteiger partial charge in [0.2, 0.25) is 0 Å². The van der Waals surface area contributed by atoms with Gasteiger partial charge in [0.1, 0.15) is 0 Å². The van der Waals surface area contributed by atoms with Crippen LogP contribution in [0.3, 0.4) is 0 Å². The van der Waals surface area contributed by atoms with E-state index in [-0.39, 0.29) is 12.5 Å². The number of rotatable bonds is 6. The van der Waals surface area contributed by atoms with Crippen LogP contribution in [-0.4, -0.2) is 24.2 Å². The predicted octanol–water partition coefficient (Wildman–Crippen LogP) is 3.47. The van der Waals surface area contributed by atoms with Crippen LogP contribution in [0, 0.1) is 13.8 Å². The highest BCUT2D eigenvalue weighted by Gasteiger charge is 2.07. The highest BCUT2D eigenvalue weighted by atomic mass is 16.2. The Balaban J connectivity index is 2.14. The summed E-state index contributed by atoms with van der Waals surface area (Å²) in [6.45, 7) is 4.91. The Morgan fingerprint density at radius 3 is 2.41 bits per heavy atom. The second kappa shape index (κ2) is 7.76. The number of carbonyl (C=O) groups is 1. The fourth-order valence-corrected chi connectivity index (χ4v) is 2.52. The van der Waals surface area contributed by atoms with Crippen molar-refractivity contribution in [3.63, 3.8) is 0 Å². The fourth-order valence-electron chi connectivity index (χ4n) is 2.52. The van der Waals surface area contributed by atoms with E-state index < -0.39 is 0 Å². The summed E-state index contributed by atoms with van der Waals surface area (Å²) in [4.78, 5) is 12.2. The van der Waals surface area contributed by atoms with Crippen LogP contribution in [0.25, 0.3) is 11.1 Å². The number of aliphatic hydroxyl groups excluding tert-OH is 1. The number of aryl methyl sites for hydroxylation is 2. The van der Waals surface area contributed by atoms with Gasteiger partial charge in [-0.05, 0) is 49.9 Å². The lowest BCUT2D eigenvalue weighted by atomic mass is 9.99. The molecule has 0 aliphatic heterocycles. The zero-order chi connectivity index (χ0) is 15.9. The quantitative estimate of drug-likeness (QED) is 0.802. The summed E-state index contributed by atoms with van der Waals surface area (Å²) in [5.41, 5.74) is 5.28. The number of nitrogens with one attached hydrogen (secondary N) is 1. The van der Waals surface area contributed by atoms with E-state index >= 15 is 0 Å². The molecule has 0 atom stereocenters. The molecule has 3 nitrogen and oxygen atoms in total. The Bertz CT molecular complexity index is 629. The zero-order valence-corrected chi connectivity index (χ0v) is 13.2. The van der Waals surface area contributed by atoms with Crippen LogP contribution in [0.5, 0.6) is 0 Å². The molecule has 0 saturated carbocycles. The molecule has 2 aromatic carbocycles. The smallest absolute Gasteiger partial charge is 0.251 e. The second-order valence-corrected chi connectivity index (χ2v) is 5.64. The van der Waals surface area contributed by atoms with E-state index in [4.69, 9.17) is 5.11 Å². The Hall–Kier alpha value is -2.13. The van der Waals surface area contributed by atoms with Gasteiger partial charge >= 0.3 is 0 Å². The molecule has 0 radical (unpaired) electrons. The van der Waals surface area contributed by atoms with Crippen molar-refractivity contribution in [3.05, 3.63) is 59.2 Å². The number of unbranched alkanes of at least 4 members (excludes halogenated alkanes) is 1. The van der Waals surface area contributed by atoms with Gasteiger partial charge in [0.15, 0.2) is 0 Å². The number of benzene rings is 2. The molecule has 1 amide bonds. The lowest BCUT2D eigenvalue weighted by Gasteiger charge is -2.08. The normalized spacial score (nSPS) is 10.5. The summed E-state index contributed by atoms with van der Waals surface area (Å²) in [5.74, 6) is -0.0656. The minimum Gasteiger partial charge on any atom is -0.396 e. The first kappa shape index (κ1) is 16.2. The van der Waals surface area contributed by atoms with E-state index in [1.165, 1.54) is 11.1 Å². The van der Waals surface area contributed by atoms with Crippen LogP contribution < -0.4 is 5.32 Å².